The molecule has 4 nitrogen and oxygen atoms in total. The summed E-state index contributed by atoms with van der Waals surface area (Å²) in [5.74, 6) is -0.154. The first-order chi connectivity index (χ1) is 12.9. The fourth-order valence-corrected chi connectivity index (χ4v) is 3.00. The van der Waals surface area contributed by atoms with Crippen molar-refractivity contribution in [2.24, 2.45) is 0 Å². The summed E-state index contributed by atoms with van der Waals surface area (Å²) < 4.78 is 10.3. The number of carbonyl (C=O) groups excluding carboxylic acids is 2. The Morgan fingerprint density at radius 1 is 0.926 bits per heavy atom. The number of hydrogen-bond donors (Lipinski definition) is 0. The van der Waals surface area contributed by atoms with Gasteiger partial charge in [0.1, 0.15) is 5.75 Å². The van der Waals surface area contributed by atoms with Crippen molar-refractivity contribution in [2.45, 2.75) is 26.7 Å². The Kier molecular flexibility index (Phi) is 5.55. The summed E-state index contributed by atoms with van der Waals surface area (Å²) in [7, 11) is 0. The molecule has 0 atom stereocenters. The molecule has 0 saturated heterocycles. The average Bonchev–Trinajstić information content (AvgIpc) is 2.64. The molecule has 3 rings (SSSR count). The minimum Gasteiger partial charge on any atom is -0.466 e. The third-order valence-corrected chi connectivity index (χ3v) is 4.35. The molecule has 0 fully saturated rings. The van der Waals surface area contributed by atoms with Crippen LogP contribution in [0.15, 0.2) is 60.7 Å². The molecule has 3 aromatic rings. The van der Waals surface area contributed by atoms with Gasteiger partial charge in [0.15, 0.2) is 0 Å². The Balaban J connectivity index is 1.83. The predicted octanol–water partition coefficient (Wildman–Crippen LogP) is 4.97. The van der Waals surface area contributed by atoms with E-state index < -0.39 is 5.97 Å². The average molecular weight is 362 g/mol. The molecule has 0 amide bonds. The maximum atomic E-state index is 11.7. The van der Waals surface area contributed by atoms with E-state index in [0.717, 1.165) is 34.4 Å². The predicted molar refractivity (Wildman–Crippen MR) is 107 cm³/mol. The number of fused-ring (bicyclic) bond motifs is 3. The molecular weight excluding hydrogens is 340 g/mol. The molecule has 0 aliphatic rings. The summed E-state index contributed by atoms with van der Waals surface area (Å²) in [5.41, 5.74) is 1.58. The highest BCUT2D eigenvalue weighted by Gasteiger charge is 2.08. The smallest absolute Gasteiger partial charge is 0.338 e. The van der Waals surface area contributed by atoms with Gasteiger partial charge in [-0.2, -0.15) is 0 Å². The third-order valence-electron chi connectivity index (χ3n) is 4.35. The Morgan fingerprint density at radius 3 is 2.26 bits per heavy atom. The van der Waals surface area contributed by atoms with E-state index in [1.807, 2.05) is 18.2 Å². The fraction of sp³-hybridized carbons (Fsp3) is 0.217. The third kappa shape index (κ3) is 4.53. The maximum absolute atomic E-state index is 11.7. The highest BCUT2D eigenvalue weighted by atomic mass is 16.5. The Bertz CT molecular complexity index is 1030. The zero-order valence-electron chi connectivity index (χ0n) is 15.6. The first kappa shape index (κ1) is 18.6. The number of carbonyl (C=O) groups is 2. The van der Waals surface area contributed by atoms with Crippen molar-refractivity contribution in [3.8, 4) is 5.75 Å². The molecule has 3 aromatic carbocycles. The zero-order chi connectivity index (χ0) is 19.4. The summed E-state index contributed by atoms with van der Waals surface area (Å²) >= 11 is 0. The Hall–Kier alpha value is -3.14. The van der Waals surface area contributed by atoms with E-state index in [9.17, 15) is 9.59 Å². The van der Waals surface area contributed by atoms with Crippen LogP contribution in [0.25, 0.3) is 21.5 Å². The Labute approximate surface area is 158 Å². The second-order valence-electron chi connectivity index (χ2n) is 6.62. The largest absolute Gasteiger partial charge is 0.466 e. The highest BCUT2D eigenvalue weighted by molar-refractivity contribution is 6.08. The number of hydrogen-bond acceptors (Lipinski definition) is 4. The van der Waals surface area contributed by atoms with Crippen molar-refractivity contribution < 1.29 is 19.1 Å². The van der Waals surface area contributed by atoms with Crippen LogP contribution in [-0.4, -0.2) is 18.5 Å². The number of rotatable bonds is 6. The first-order valence-electron chi connectivity index (χ1n) is 8.90. The van der Waals surface area contributed by atoms with Gasteiger partial charge in [0.05, 0.1) is 6.61 Å². The van der Waals surface area contributed by atoms with E-state index in [4.69, 9.17) is 9.47 Å². The van der Waals surface area contributed by atoms with E-state index in [1.54, 1.807) is 13.0 Å². The second kappa shape index (κ2) is 8.04. The van der Waals surface area contributed by atoms with Gasteiger partial charge in [-0.1, -0.05) is 43.0 Å². The van der Waals surface area contributed by atoms with E-state index in [2.05, 4.69) is 30.8 Å². The van der Waals surface area contributed by atoms with Crippen LogP contribution in [-0.2, 0) is 20.7 Å². The zero-order valence-corrected chi connectivity index (χ0v) is 15.6. The van der Waals surface area contributed by atoms with Crippen molar-refractivity contribution in [1.82, 2.24) is 0 Å². The molecule has 0 unspecified atom stereocenters. The van der Waals surface area contributed by atoms with Crippen LogP contribution in [0.5, 0.6) is 5.75 Å². The maximum Gasteiger partial charge on any atom is 0.338 e. The molecule has 0 heterocycles. The van der Waals surface area contributed by atoms with Gasteiger partial charge < -0.3 is 9.47 Å². The molecule has 138 valence electrons. The van der Waals surface area contributed by atoms with Gasteiger partial charge in [-0.05, 0) is 59.0 Å². The van der Waals surface area contributed by atoms with Gasteiger partial charge in [-0.3, -0.25) is 4.79 Å². The van der Waals surface area contributed by atoms with Gasteiger partial charge in [0.2, 0.25) is 0 Å². The normalized spacial score (nSPS) is 10.7. The molecule has 0 aromatic heterocycles. The van der Waals surface area contributed by atoms with Crippen molar-refractivity contribution in [1.29, 1.82) is 0 Å². The minimum absolute atomic E-state index is 0.242. The van der Waals surface area contributed by atoms with Gasteiger partial charge in [0, 0.05) is 12.5 Å². The topological polar surface area (TPSA) is 52.6 Å². The van der Waals surface area contributed by atoms with E-state index in [0.29, 0.717) is 17.9 Å². The fourth-order valence-electron chi connectivity index (χ4n) is 3.00. The molecule has 0 aliphatic carbocycles. The second-order valence-corrected chi connectivity index (χ2v) is 6.62. The van der Waals surface area contributed by atoms with E-state index in [1.165, 1.54) is 12.5 Å². The molecule has 27 heavy (non-hydrogen) atoms. The number of aryl methyl sites for hydroxylation is 1. The minimum atomic E-state index is -0.423. The number of benzene rings is 3. The molecule has 0 radical (unpaired) electrons. The van der Waals surface area contributed by atoms with Crippen LogP contribution in [0, 0.1) is 0 Å². The molecule has 0 N–H and O–H groups in total. The van der Waals surface area contributed by atoms with Crippen molar-refractivity contribution >= 4 is 33.5 Å². The van der Waals surface area contributed by atoms with Crippen molar-refractivity contribution in [3.05, 3.63) is 66.2 Å². The first-order valence-corrected chi connectivity index (χ1v) is 8.90. The molecule has 0 aliphatic heterocycles. The van der Waals surface area contributed by atoms with E-state index in [-0.39, 0.29) is 5.97 Å². The molecule has 0 spiro atoms. The van der Waals surface area contributed by atoms with Crippen LogP contribution in [0.1, 0.15) is 25.8 Å². The summed E-state index contributed by atoms with van der Waals surface area (Å²) in [5, 5.41) is 4.42. The lowest BCUT2D eigenvalue weighted by Gasteiger charge is -2.09. The highest BCUT2D eigenvalue weighted by Crippen LogP contribution is 2.29. The summed E-state index contributed by atoms with van der Waals surface area (Å²) in [6, 6.07) is 16.1. The van der Waals surface area contributed by atoms with Crippen LogP contribution >= 0.6 is 0 Å². The summed E-state index contributed by atoms with van der Waals surface area (Å²) in [4.78, 5) is 22.5. The standard InChI is InChI=1S/C23H22O4/c1-15(2)23(25)27-20-9-11-22-19(14-20)8-7-18-13-17(6-10-21(18)22)5-4-12-26-16(3)24/h6-11,13-14H,1,4-5,12H2,2-3H3. The monoisotopic (exact) mass is 362 g/mol. The van der Waals surface area contributed by atoms with Crippen LogP contribution in [0.3, 0.4) is 0 Å². The molecule has 4 heteroatoms. The lowest BCUT2D eigenvalue weighted by molar-refractivity contribution is -0.141. The lowest BCUT2D eigenvalue weighted by atomic mass is 9.98. The molecule has 0 bridgehead atoms. The Morgan fingerprint density at radius 2 is 1.59 bits per heavy atom. The molecular formula is C23H22O4. The van der Waals surface area contributed by atoms with Crippen LogP contribution in [0.4, 0.5) is 0 Å². The van der Waals surface area contributed by atoms with Crippen molar-refractivity contribution in [3.63, 3.8) is 0 Å². The van der Waals surface area contributed by atoms with Crippen LogP contribution in [0.2, 0.25) is 0 Å². The quantitative estimate of drug-likeness (QED) is 0.204. The molecule has 0 saturated carbocycles. The lowest BCUT2D eigenvalue weighted by Crippen LogP contribution is -2.07. The van der Waals surface area contributed by atoms with Gasteiger partial charge in [-0.25, -0.2) is 4.79 Å². The number of esters is 2. The van der Waals surface area contributed by atoms with E-state index >= 15 is 0 Å². The van der Waals surface area contributed by atoms with Gasteiger partial charge in [-0.15, -0.1) is 0 Å². The van der Waals surface area contributed by atoms with Crippen LogP contribution < -0.4 is 4.74 Å². The summed E-state index contributed by atoms with van der Waals surface area (Å²) in [6.45, 7) is 7.09. The summed E-state index contributed by atoms with van der Waals surface area (Å²) in [6.07, 6.45) is 1.66. The SMILES string of the molecule is C=C(C)C(=O)Oc1ccc2c(ccc3cc(CCCOC(C)=O)ccc32)c1. The number of ether oxygens (including phenoxy) is 2. The van der Waals surface area contributed by atoms with Crippen molar-refractivity contribution in [2.75, 3.05) is 6.61 Å². The van der Waals surface area contributed by atoms with Gasteiger partial charge in [0.25, 0.3) is 0 Å². The van der Waals surface area contributed by atoms with Gasteiger partial charge >= 0.3 is 11.9 Å².